The lowest BCUT2D eigenvalue weighted by atomic mass is 10.0. The molecule has 1 aromatic rings. The van der Waals surface area contributed by atoms with Gasteiger partial charge in [0.1, 0.15) is 0 Å². The minimum absolute atomic E-state index is 0.0146. The molecule has 0 aliphatic carbocycles. The number of hydrogen-bond acceptors (Lipinski definition) is 2. The monoisotopic (exact) mass is 282 g/mol. The van der Waals surface area contributed by atoms with Gasteiger partial charge >= 0.3 is 0 Å². The average molecular weight is 283 g/mol. The van der Waals surface area contributed by atoms with E-state index in [0.717, 1.165) is 12.0 Å². The summed E-state index contributed by atoms with van der Waals surface area (Å²) in [6.45, 7) is 8.42. The minimum atomic E-state index is -0.155. The number of halogens is 1. The zero-order valence-corrected chi connectivity index (χ0v) is 12.8. The molecule has 0 bridgehead atoms. The molecule has 106 valence electrons. The summed E-state index contributed by atoms with van der Waals surface area (Å²) in [6.07, 6.45) is 0.905. The number of nitrogens with one attached hydrogen (secondary N) is 2. The van der Waals surface area contributed by atoms with Crippen LogP contribution in [0.3, 0.4) is 0 Å². The summed E-state index contributed by atoms with van der Waals surface area (Å²) in [7, 11) is 0. The van der Waals surface area contributed by atoms with E-state index in [1.165, 1.54) is 0 Å². The fourth-order valence-corrected chi connectivity index (χ4v) is 1.85. The molecule has 0 saturated carbocycles. The van der Waals surface area contributed by atoms with Gasteiger partial charge in [0, 0.05) is 16.6 Å². The second-order valence-electron chi connectivity index (χ2n) is 5.44. The summed E-state index contributed by atoms with van der Waals surface area (Å²) >= 11 is 5.95. The van der Waals surface area contributed by atoms with Crippen LogP contribution in [0.2, 0.25) is 5.02 Å². The van der Waals surface area contributed by atoms with Crippen molar-refractivity contribution in [3.63, 3.8) is 0 Å². The third-order valence-corrected chi connectivity index (χ3v) is 3.51. The maximum absolute atomic E-state index is 11.8. The van der Waals surface area contributed by atoms with Crippen LogP contribution in [0, 0.1) is 0 Å². The summed E-state index contributed by atoms with van der Waals surface area (Å²) in [6, 6.07) is 7.75. The Morgan fingerprint density at radius 3 is 2.68 bits per heavy atom. The van der Waals surface area contributed by atoms with Gasteiger partial charge in [-0.15, -0.1) is 0 Å². The standard InChI is InChI=1S/C15H23ClN2O/c1-5-15(3,4)18-14(19)10-17-11(2)12-7-6-8-13(16)9-12/h6-9,11,17H,5,10H2,1-4H3,(H,18,19)/t11-/m1/s1. The van der Waals surface area contributed by atoms with Crippen molar-refractivity contribution >= 4 is 17.5 Å². The third kappa shape index (κ3) is 5.62. The van der Waals surface area contributed by atoms with Crippen molar-refractivity contribution in [2.24, 2.45) is 0 Å². The summed E-state index contributed by atoms with van der Waals surface area (Å²) in [5, 5.41) is 6.91. The lowest BCUT2D eigenvalue weighted by Crippen LogP contribution is -2.46. The van der Waals surface area contributed by atoms with Crippen LogP contribution in [0.15, 0.2) is 24.3 Å². The van der Waals surface area contributed by atoms with Crippen LogP contribution in [0.4, 0.5) is 0 Å². The van der Waals surface area contributed by atoms with Crippen LogP contribution in [-0.2, 0) is 4.79 Å². The van der Waals surface area contributed by atoms with Gasteiger partial charge in [0.25, 0.3) is 0 Å². The van der Waals surface area contributed by atoms with Crippen LogP contribution >= 0.6 is 11.6 Å². The molecule has 0 aliphatic heterocycles. The fourth-order valence-electron chi connectivity index (χ4n) is 1.65. The third-order valence-electron chi connectivity index (χ3n) is 3.28. The largest absolute Gasteiger partial charge is 0.350 e. The Hall–Kier alpha value is -1.06. The number of hydrogen-bond donors (Lipinski definition) is 2. The highest BCUT2D eigenvalue weighted by Crippen LogP contribution is 2.17. The predicted octanol–water partition coefficient (Wildman–Crippen LogP) is 3.30. The first kappa shape index (κ1) is 16.0. The number of rotatable bonds is 6. The molecule has 0 spiro atoms. The Bertz CT molecular complexity index is 432. The number of amides is 1. The molecule has 2 N–H and O–H groups in total. The van der Waals surface area contributed by atoms with E-state index in [2.05, 4.69) is 17.6 Å². The molecule has 1 aromatic carbocycles. The second-order valence-corrected chi connectivity index (χ2v) is 5.88. The molecule has 0 saturated heterocycles. The lowest BCUT2D eigenvalue weighted by Gasteiger charge is -2.25. The van der Waals surface area contributed by atoms with Crippen molar-refractivity contribution in [2.45, 2.75) is 45.7 Å². The van der Waals surface area contributed by atoms with Gasteiger partial charge in [-0.25, -0.2) is 0 Å². The van der Waals surface area contributed by atoms with Crippen LogP contribution in [0.25, 0.3) is 0 Å². The summed E-state index contributed by atoms with van der Waals surface area (Å²) in [4.78, 5) is 11.8. The summed E-state index contributed by atoms with van der Waals surface area (Å²) < 4.78 is 0. The molecule has 0 unspecified atom stereocenters. The van der Waals surface area contributed by atoms with Gasteiger partial charge in [0.2, 0.25) is 5.91 Å². The van der Waals surface area contributed by atoms with E-state index in [0.29, 0.717) is 11.6 Å². The van der Waals surface area contributed by atoms with Crippen LogP contribution in [-0.4, -0.2) is 18.0 Å². The van der Waals surface area contributed by atoms with Crippen LogP contribution < -0.4 is 10.6 Å². The molecule has 1 amide bonds. The molecule has 1 rings (SSSR count). The van der Waals surface area contributed by atoms with Crippen molar-refractivity contribution in [3.8, 4) is 0 Å². The second kappa shape index (κ2) is 6.92. The molecule has 4 heteroatoms. The van der Waals surface area contributed by atoms with Gasteiger partial charge in [-0.05, 0) is 44.9 Å². The zero-order valence-electron chi connectivity index (χ0n) is 12.1. The molecular formula is C15H23ClN2O. The topological polar surface area (TPSA) is 41.1 Å². The van der Waals surface area contributed by atoms with Gasteiger partial charge < -0.3 is 10.6 Å². The van der Waals surface area contributed by atoms with Crippen molar-refractivity contribution in [2.75, 3.05) is 6.54 Å². The smallest absolute Gasteiger partial charge is 0.234 e. The van der Waals surface area contributed by atoms with E-state index in [1.54, 1.807) is 0 Å². The number of carbonyl (C=O) groups excluding carboxylic acids is 1. The fraction of sp³-hybridized carbons (Fsp3) is 0.533. The SMILES string of the molecule is CCC(C)(C)NC(=O)CN[C@H](C)c1cccc(Cl)c1. The van der Waals surface area contributed by atoms with E-state index in [1.807, 2.05) is 45.0 Å². The van der Waals surface area contributed by atoms with E-state index in [4.69, 9.17) is 11.6 Å². The average Bonchev–Trinajstić information content (AvgIpc) is 2.35. The Balaban J connectivity index is 2.46. The van der Waals surface area contributed by atoms with Crippen molar-refractivity contribution in [3.05, 3.63) is 34.9 Å². The maximum atomic E-state index is 11.8. The first-order chi connectivity index (χ1) is 8.84. The first-order valence-electron chi connectivity index (χ1n) is 6.64. The quantitative estimate of drug-likeness (QED) is 0.841. The molecule has 0 radical (unpaired) electrons. The highest BCUT2D eigenvalue weighted by Gasteiger charge is 2.17. The Labute approximate surface area is 120 Å². The van der Waals surface area contributed by atoms with E-state index < -0.39 is 0 Å². The van der Waals surface area contributed by atoms with Gasteiger partial charge in [-0.3, -0.25) is 4.79 Å². The van der Waals surface area contributed by atoms with Gasteiger partial charge in [0.15, 0.2) is 0 Å². The number of benzene rings is 1. The van der Waals surface area contributed by atoms with Gasteiger partial charge in [-0.2, -0.15) is 0 Å². The molecular weight excluding hydrogens is 260 g/mol. The predicted molar refractivity (Wildman–Crippen MR) is 80.4 cm³/mol. The maximum Gasteiger partial charge on any atom is 0.234 e. The van der Waals surface area contributed by atoms with Crippen LogP contribution in [0.5, 0.6) is 0 Å². The molecule has 1 atom stereocenters. The lowest BCUT2D eigenvalue weighted by molar-refractivity contribution is -0.122. The van der Waals surface area contributed by atoms with Gasteiger partial charge in [-0.1, -0.05) is 30.7 Å². The molecule has 0 aliphatic rings. The van der Waals surface area contributed by atoms with E-state index in [-0.39, 0.29) is 17.5 Å². The Morgan fingerprint density at radius 2 is 2.11 bits per heavy atom. The first-order valence-corrected chi connectivity index (χ1v) is 7.01. The molecule has 19 heavy (non-hydrogen) atoms. The van der Waals surface area contributed by atoms with Crippen LogP contribution in [0.1, 0.15) is 45.7 Å². The highest BCUT2D eigenvalue weighted by molar-refractivity contribution is 6.30. The molecule has 0 aromatic heterocycles. The zero-order chi connectivity index (χ0) is 14.5. The van der Waals surface area contributed by atoms with Crippen molar-refractivity contribution in [1.82, 2.24) is 10.6 Å². The molecule has 3 nitrogen and oxygen atoms in total. The highest BCUT2D eigenvalue weighted by atomic mass is 35.5. The summed E-state index contributed by atoms with van der Waals surface area (Å²) in [5.41, 5.74) is 0.924. The molecule has 0 fully saturated rings. The van der Waals surface area contributed by atoms with Crippen molar-refractivity contribution in [1.29, 1.82) is 0 Å². The Kier molecular flexibility index (Phi) is 5.83. The van der Waals surface area contributed by atoms with E-state index >= 15 is 0 Å². The summed E-state index contributed by atoms with van der Waals surface area (Å²) in [5.74, 6) is 0.0146. The van der Waals surface area contributed by atoms with E-state index in [9.17, 15) is 4.79 Å². The normalized spacial score (nSPS) is 13.1. The van der Waals surface area contributed by atoms with Crippen molar-refractivity contribution < 1.29 is 4.79 Å². The number of carbonyl (C=O) groups is 1. The Morgan fingerprint density at radius 1 is 1.42 bits per heavy atom. The minimum Gasteiger partial charge on any atom is -0.350 e. The molecule has 0 heterocycles. The van der Waals surface area contributed by atoms with Gasteiger partial charge in [0.05, 0.1) is 6.54 Å².